The molecule has 0 spiro atoms. The maximum Gasteiger partial charge on any atom is 0.118 e. The van der Waals surface area contributed by atoms with Crippen molar-refractivity contribution in [2.45, 2.75) is 0 Å². The monoisotopic (exact) mass is 303 g/mol. The second-order valence-corrected chi connectivity index (χ2v) is 6.99. The highest BCUT2D eigenvalue weighted by Crippen LogP contribution is 2.33. The summed E-state index contributed by atoms with van der Waals surface area (Å²) in [4.78, 5) is 0. The molecule has 0 atom stereocenters. The third-order valence-electron chi connectivity index (χ3n) is 3.35. The molecule has 0 radical (unpaired) electrons. The molecule has 0 bridgehead atoms. The molecule has 0 aromatic heterocycles. The minimum Gasteiger partial charge on any atom is -0.497 e. The van der Waals surface area contributed by atoms with Crippen molar-refractivity contribution in [3.05, 3.63) is 48.5 Å². The quantitative estimate of drug-likeness (QED) is 0.797. The van der Waals surface area contributed by atoms with Gasteiger partial charge in [0.1, 0.15) is 11.5 Å². The molecule has 0 aliphatic carbocycles. The Bertz CT molecular complexity index is 492. The Morgan fingerprint density at radius 1 is 0.810 bits per heavy atom. The van der Waals surface area contributed by atoms with E-state index >= 15 is 0 Å². The number of hydrogen-bond donors (Lipinski definition) is 1. The van der Waals surface area contributed by atoms with Crippen molar-refractivity contribution in [2.24, 2.45) is 0 Å². The Kier molecular flexibility index (Phi) is 6.04. The van der Waals surface area contributed by atoms with E-state index in [0.717, 1.165) is 24.2 Å². The van der Waals surface area contributed by atoms with Crippen molar-refractivity contribution in [2.75, 3.05) is 34.0 Å². The van der Waals surface area contributed by atoms with Crippen molar-refractivity contribution in [3.63, 3.8) is 0 Å². The van der Waals surface area contributed by atoms with Crippen LogP contribution in [0.2, 0.25) is 0 Å². The minimum atomic E-state index is -0.365. The number of benzene rings is 2. The number of hydrogen-bond acceptors (Lipinski definition) is 3. The van der Waals surface area contributed by atoms with E-state index in [-0.39, 0.29) is 7.92 Å². The average Bonchev–Trinajstić information content (AvgIpc) is 2.56. The molecule has 3 nitrogen and oxygen atoms in total. The van der Waals surface area contributed by atoms with E-state index in [4.69, 9.17) is 9.47 Å². The van der Waals surface area contributed by atoms with Gasteiger partial charge in [-0.2, -0.15) is 0 Å². The second kappa shape index (κ2) is 8.02. The van der Waals surface area contributed by atoms with Crippen LogP contribution in [0.5, 0.6) is 11.5 Å². The van der Waals surface area contributed by atoms with Crippen LogP contribution < -0.4 is 25.4 Å². The lowest BCUT2D eigenvalue weighted by Crippen LogP contribution is -2.20. The third kappa shape index (κ3) is 4.20. The molecule has 1 N–H and O–H groups in total. The smallest absolute Gasteiger partial charge is 0.118 e. The van der Waals surface area contributed by atoms with Gasteiger partial charge in [-0.3, -0.25) is 0 Å². The van der Waals surface area contributed by atoms with Crippen molar-refractivity contribution in [3.8, 4) is 11.5 Å². The largest absolute Gasteiger partial charge is 0.497 e. The molecule has 112 valence electrons. The van der Waals surface area contributed by atoms with Crippen LogP contribution in [0, 0.1) is 0 Å². The van der Waals surface area contributed by atoms with Gasteiger partial charge in [-0.15, -0.1) is 0 Å². The molecule has 0 heterocycles. The Labute approximate surface area is 128 Å². The molecule has 21 heavy (non-hydrogen) atoms. The molecule has 0 aliphatic rings. The lowest BCUT2D eigenvalue weighted by Gasteiger charge is -2.19. The fraction of sp³-hybridized carbons (Fsp3) is 0.294. The summed E-state index contributed by atoms with van der Waals surface area (Å²) in [5.74, 6) is 1.80. The molecule has 0 saturated carbocycles. The molecule has 0 aliphatic heterocycles. The summed E-state index contributed by atoms with van der Waals surface area (Å²) >= 11 is 0. The van der Waals surface area contributed by atoms with Crippen LogP contribution in [0.4, 0.5) is 0 Å². The summed E-state index contributed by atoms with van der Waals surface area (Å²) in [7, 11) is 5.02. The van der Waals surface area contributed by atoms with Crippen LogP contribution in [-0.4, -0.2) is 34.0 Å². The summed E-state index contributed by atoms with van der Waals surface area (Å²) in [6.45, 7) is 1.00. The fourth-order valence-electron chi connectivity index (χ4n) is 2.16. The summed E-state index contributed by atoms with van der Waals surface area (Å²) in [6.07, 6.45) is 1.12. The Morgan fingerprint density at radius 2 is 1.24 bits per heavy atom. The highest BCUT2D eigenvalue weighted by molar-refractivity contribution is 7.73. The summed E-state index contributed by atoms with van der Waals surface area (Å²) in [5, 5.41) is 5.98. The topological polar surface area (TPSA) is 30.5 Å². The van der Waals surface area contributed by atoms with Crippen molar-refractivity contribution in [1.29, 1.82) is 0 Å². The lowest BCUT2D eigenvalue weighted by molar-refractivity contribution is 0.415. The predicted octanol–water partition coefficient (Wildman–Crippen LogP) is 2.36. The van der Waals surface area contributed by atoms with Gasteiger partial charge in [-0.1, -0.05) is 24.3 Å². The highest BCUT2D eigenvalue weighted by atomic mass is 31.1. The zero-order valence-corrected chi connectivity index (χ0v) is 13.7. The molecule has 0 saturated heterocycles. The van der Waals surface area contributed by atoms with Gasteiger partial charge < -0.3 is 14.8 Å². The number of methoxy groups -OCH3 is 2. The van der Waals surface area contributed by atoms with Crippen LogP contribution in [-0.2, 0) is 0 Å². The van der Waals surface area contributed by atoms with Gasteiger partial charge >= 0.3 is 0 Å². The van der Waals surface area contributed by atoms with Gasteiger partial charge in [0, 0.05) is 0 Å². The zero-order chi connectivity index (χ0) is 15.1. The first-order chi connectivity index (χ1) is 10.3. The Hall–Kier alpha value is -1.57. The predicted molar refractivity (Wildman–Crippen MR) is 91.0 cm³/mol. The van der Waals surface area contributed by atoms with E-state index in [1.54, 1.807) is 14.2 Å². The Balaban J connectivity index is 2.26. The molecule has 4 heteroatoms. The van der Waals surface area contributed by atoms with Crippen LogP contribution >= 0.6 is 7.92 Å². The molecule has 0 amide bonds. The molecular formula is C17H22NO2P. The van der Waals surface area contributed by atoms with E-state index < -0.39 is 0 Å². The zero-order valence-electron chi connectivity index (χ0n) is 12.8. The van der Waals surface area contributed by atoms with E-state index in [1.165, 1.54) is 10.6 Å². The lowest BCUT2D eigenvalue weighted by atomic mass is 10.3. The van der Waals surface area contributed by atoms with E-state index in [1.807, 2.05) is 31.3 Å². The Morgan fingerprint density at radius 3 is 1.57 bits per heavy atom. The van der Waals surface area contributed by atoms with Crippen LogP contribution in [0.25, 0.3) is 0 Å². The van der Waals surface area contributed by atoms with Gasteiger partial charge in [0.05, 0.1) is 14.2 Å². The fourth-order valence-corrected chi connectivity index (χ4v) is 4.43. The normalized spacial score (nSPS) is 10.7. The van der Waals surface area contributed by atoms with Crippen molar-refractivity contribution in [1.82, 2.24) is 5.32 Å². The minimum absolute atomic E-state index is 0.365. The first-order valence-corrected chi connectivity index (χ1v) is 8.51. The summed E-state index contributed by atoms with van der Waals surface area (Å²) in [5.41, 5.74) is 0. The van der Waals surface area contributed by atoms with Gasteiger partial charge in [-0.05, 0) is 62.6 Å². The van der Waals surface area contributed by atoms with Gasteiger partial charge in [-0.25, -0.2) is 0 Å². The van der Waals surface area contributed by atoms with Gasteiger partial charge in [0.2, 0.25) is 0 Å². The van der Waals surface area contributed by atoms with Crippen molar-refractivity contribution < 1.29 is 9.47 Å². The first kappa shape index (κ1) is 15.8. The first-order valence-electron chi connectivity index (χ1n) is 6.98. The van der Waals surface area contributed by atoms with E-state index in [0.29, 0.717) is 0 Å². The van der Waals surface area contributed by atoms with E-state index in [2.05, 4.69) is 29.6 Å². The molecule has 2 rings (SSSR count). The number of nitrogens with one attached hydrogen (secondary N) is 1. The van der Waals surface area contributed by atoms with Crippen LogP contribution in [0.1, 0.15) is 0 Å². The average molecular weight is 303 g/mol. The molecule has 2 aromatic carbocycles. The maximum absolute atomic E-state index is 5.24. The van der Waals surface area contributed by atoms with Gasteiger partial charge in [0.15, 0.2) is 0 Å². The van der Waals surface area contributed by atoms with Crippen molar-refractivity contribution >= 4 is 18.5 Å². The summed E-state index contributed by atoms with van der Waals surface area (Å²) in [6, 6.07) is 16.8. The number of rotatable bonds is 7. The summed E-state index contributed by atoms with van der Waals surface area (Å²) < 4.78 is 10.5. The van der Waals surface area contributed by atoms with Gasteiger partial charge in [0.25, 0.3) is 0 Å². The number of ether oxygens (including phenoxy) is 2. The molecular weight excluding hydrogens is 281 g/mol. The SMILES string of the molecule is CNCCP(c1ccc(OC)cc1)c1ccc(OC)cc1. The standard InChI is InChI=1S/C17H22NO2P/c1-18-12-13-21(16-8-4-14(19-2)5-9-16)17-10-6-15(20-3)7-11-17/h4-11,18H,12-13H2,1-3H3. The molecule has 0 fully saturated rings. The van der Waals surface area contributed by atoms with Crippen LogP contribution in [0.3, 0.4) is 0 Å². The second-order valence-electron chi connectivity index (χ2n) is 4.65. The van der Waals surface area contributed by atoms with E-state index in [9.17, 15) is 0 Å². The maximum atomic E-state index is 5.24. The van der Waals surface area contributed by atoms with Crippen LogP contribution in [0.15, 0.2) is 48.5 Å². The molecule has 0 unspecified atom stereocenters. The molecule has 2 aromatic rings. The third-order valence-corrected chi connectivity index (χ3v) is 5.87. The highest BCUT2D eigenvalue weighted by Gasteiger charge is 2.13.